The van der Waals surface area contributed by atoms with Crippen molar-refractivity contribution in [1.29, 1.82) is 5.26 Å². The Morgan fingerprint density at radius 1 is 1.22 bits per heavy atom. The SMILES string of the molecule is CC(C)CC(C(=O)NCC#N)c1cccc(-c2ccccc2-c2csc(N3CCC(N(C)C)C3)n2)c1. The Kier molecular flexibility index (Phi) is 8.40. The Bertz CT molecular complexity index is 1230. The molecular weight excluding hydrogens is 466 g/mol. The van der Waals surface area contributed by atoms with Gasteiger partial charge in [0.2, 0.25) is 5.91 Å². The molecule has 2 aromatic carbocycles. The molecule has 7 heteroatoms. The molecule has 1 aliphatic heterocycles. The molecule has 0 aliphatic carbocycles. The van der Waals surface area contributed by atoms with Gasteiger partial charge in [-0.25, -0.2) is 4.98 Å². The van der Waals surface area contributed by atoms with Gasteiger partial charge in [0.15, 0.2) is 5.13 Å². The first-order chi connectivity index (χ1) is 17.4. The van der Waals surface area contributed by atoms with E-state index in [9.17, 15) is 4.79 Å². The second-order valence-corrected chi connectivity index (χ2v) is 10.9. The minimum absolute atomic E-state index is 0.0222. The average Bonchev–Trinajstić information content (AvgIpc) is 3.56. The van der Waals surface area contributed by atoms with Crippen LogP contribution >= 0.6 is 11.3 Å². The van der Waals surface area contributed by atoms with Crippen LogP contribution in [0.15, 0.2) is 53.9 Å². The molecule has 0 spiro atoms. The van der Waals surface area contributed by atoms with Gasteiger partial charge in [0, 0.05) is 30.1 Å². The predicted octanol–water partition coefficient (Wildman–Crippen LogP) is 5.39. The molecule has 1 amide bonds. The maximum absolute atomic E-state index is 12.9. The highest BCUT2D eigenvalue weighted by Crippen LogP contribution is 2.37. The number of benzene rings is 2. The lowest BCUT2D eigenvalue weighted by molar-refractivity contribution is -0.122. The summed E-state index contributed by atoms with van der Waals surface area (Å²) in [4.78, 5) is 22.6. The molecule has 1 N–H and O–H groups in total. The summed E-state index contributed by atoms with van der Waals surface area (Å²) >= 11 is 1.70. The highest BCUT2D eigenvalue weighted by molar-refractivity contribution is 7.14. The number of carbonyl (C=O) groups is 1. The van der Waals surface area contributed by atoms with E-state index in [2.05, 4.69) is 78.8 Å². The number of hydrogen-bond donors (Lipinski definition) is 1. The summed E-state index contributed by atoms with van der Waals surface area (Å²) < 4.78 is 0. The van der Waals surface area contributed by atoms with E-state index >= 15 is 0 Å². The third kappa shape index (κ3) is 5.95. The number of rotatable bonds is 9. The summed E-state index contributed by atoms with van der Waals surface area (Å²) in [5.41, 5.74) is 5.21. The molecule has 2 heterocycles. The summed E-state index contributed by atoms with van der Waals surface area (Å²) in [5.74, 6) is -0.0393. The van der Waals surface area contributed by atoms with Crippen molar-refractivity contribution in [2.45, 2.75) is 38.6 Å². The molecular formula is C29H35N5OS. The lowest BCUT2D eigenvalue weighted by Gasteiger charge is -2.20. The van der Waals surface area contributed by atoms with Crippen LogP contribution in [0.4, 0.5) is 5.13 Å². The largest absolute Gasteiger partial charge is 0.346 e. The van der Waals surface area contributed by atoms with Gasteiger partial charge in [-0.3, -0.25) is 4.79 Å². The van der Waals surface area contributed by atoms with Gasteiger partial charge in [0.25, 0.3) is 0 Å². The number of likely N-dealkylation sites (N-methyl/N-ethyl adjacent to an activating group) is 1. The van der Waals surface area contributed by atoms with E-state index in [0.717, 1.165) is 59.0 Å². The van der Waals surface area contributed by atoms with Crippen LogP contribution in [0, 0.1) is 17.2 Å². The number of nitrogens with zero attached hydrogens (tertiary/aromatic N) is 4. The molecule has 2 unspecified atom stereocenters. The minimum Gasteiger partial charge on any atom is -0.346 e. The van der Waals surface area contributed by atoms with E-state index in [-0.39, 0.29) is 18.4 Å². The minimum atomic E-state index is -0.295. The van der Waals surface area contributed by atoms with E-state index in [1.807, 2.05) is 24.3 Å². The molecule has 188 valence electrons. The molecule has 1 aliphatic rings. The van der Waals surface area contributed by atoms with Crippen LogP contribution in [0.3, 0.4) is 0 Å². The molecule has 4 rings (SSSR count). The first-order valence-electron chi connectivity index (χ1n) is 12.6. The third-order valence-electron chi connectivity index (χ3n) is 6.82. The number of amides is 1. The summed E-state index contributed by atoms with van der Waals surface area (Å²) in [6.07, 6.45) is 1.88. The quantitative estimate of drug-likeness (QED) is 0.398. The Balaban J connectivity index is 1.63. The standard InChI is InChI=1S/C29H35N5OS/c1-20(2)16-26(28(35)31-14-13-30)22-9-7-8-21(17-22)24-10-5-6-11-25(24)27-19-36-29(32-27)34-15-12-23(18-34)33(3)4/h5-11,17,19-20,23,26H,12,14-16,18H2,1-4H3,(H,31,35). The van der Waals surface area contributed by atoms with E-state index in [1.165, 1.54) is 0 Å². The van der Waals surface area contributed by atoms with Crippen molar-refractivity contribution in [3.8, 4) is 28.5 Å². The van der Waals surface area contributed by atoms with Crippen molar-refractivity contribution in [3.63, 3.8) is 0 Å². The normalized spacial score (nSPS) is 16.4. The molecule has 2 atom stereocenters. The number of anilines is 1. The highest BCUT2D eigenvalue weighted by Gasteiger charge is 2.26. The summed E-state index contributed by atoms with van der Waals surface area (Å²) in [6.45, 7) is 6.29. The molecule has 1 saturated heterocycles. The van der Waals surface area contributed by atoms with Crippen molar-refractivity contribution >= 4 is 22.4 Å². The molecule has 3 aromatic rings. The van der Waals surface area contributed by atoms with E-state index in [1.54, 1.807) is 11.3 Å². The molecule has 0 bridgehead atoms. The Hall–Kier alpha value is -3.21. The van der Waals surface area contributed by atoms with Gasteiger partial charge in [0.1, 0.15) is 6.54 Å². The zero-order chi connectivity index (χ0) is 25.7. The maximum atomic E-state index is 12.9. The van der Waals surface area contributed by atoms with Gasteiger partial charge in [0.05, 0.1) is 17.7 Å². The molecule has 6 nitrogen and oxygen atoms in total. The lowest BCUT2D eigenvalue weighted by Crippen LogP contribution is -2.31. The first-order valence-corrected chi connectivity index (χ1v) is 13.5. The second-order valence-electron chi connectivity index (χ2n) is 10.1. The van der Waals surface area contributed by atoms with Gasteiger partial charge in [-0.05, 0) is 49.5 Å². The first kappa shape index (κ1) is 25.9. The number of carbonyl (C=O) groups excluding carboxylic acids is 1. The number of nitrogens with one attached hydrogen (secondary N) is 1. The van der Waals surface area contributed by atoms with E-state index in [0.29, 0.717) is 12.0 Å². The zero-order valence-corrected chi connectivity index (χ0v) is 22.4. The lowest BCUT2D eigenvalue weighted by atomic mass is 9.87. The van der Waals surface area contributed by atoms with Crippen LogP contribution < -0.4 is 10.2 Å². The smallest absolute Gasteiger partial charge is 0.228 e. The van der Waals surface area contributed by atoms with Crippen LogP contribution in [0.1, 0.15) is 38.2 Å². The molecule has 1 aromatic heterocycles. The van der Waals surface area contributed by atoms with Crippen molar-refractivity contribution in [2.24, 2.45) is 5.92 Å². The maximum Gasteiger partial charge on any atom is 0.228 e. The van der Waals surface area contributed by atoms with Crippen molar-refractivity contribution in [3.05, 3.63) is 59.5 Å². The van der Waals surface area contributed by atoms with Crippen molar-refractivity contribution < 1.29 is 4.79 Å². The monoisotopic (exact) mass is 501 g/mol. The molecule has 1 fully saturated rings. The van der Waals surface area contributed by atoms with Crippen LogP contribution in [0.2, 0.25) is 0 Å². The Labute approximate surface area is 218 Å². The highest BCUT2D eigenvalue weighted by atomic mass is 32.1. The van der Waals surface area contributed by atoms with E-state index in [4.69, 9.17) is 10.2 Å². The fourth-order valence-corrected chi connectivity index (χ4v) is 5.73. The topological polar surface area (TPSA) is 72.3 Å². The van der Waals surface area contributed by atoms with Gasteiger partial charge in [-0.2, -0.15) is 5.26 Å². The van der Waals surface area contributed by atoms with Crippen LogP contribution in [0.25, 0.3) is 22.4 Å². The summed E-state index contributed by atoms with van der Waals surface area (Å²) in [5, 5.41) is 14.9. The summed E-state index contributed by atoms with van der Waals surface area (Å²) in [7, 11) is 4.29. The predicted molar refractivity (Wildman–Crippen MR) is 148 cm³/mol. The third-order valence-corrected chi connectivity index (χ3v) is 7.73. The van der Waals surface area contributed by atoms with Crippen LogP contribution in [-0.4, -0.2) is 55.6 Å². The van der Waals surface area contributed by atoms with E-state index < -0.39 is 0 Å². The molecule has 0 saturated carbocycles. The number of hydrogen-bond acceptors (Lipinski definition) is 6. The number of nitriles is 1. The average molecular weight is 502 g/mol. The van der Waals surface area contributed by atoms with Crippen LogP contribution in [-0.2, 0) is 4.79 Å². The Morgan fingerprint density at radius 2 is 2.00 bits per heavy atom. The zero-order valence-electron chi connectivity index (χ0n) is 21.6. The van der Waals surface area contributed by atoms with Crippen molar-refractivity contribution in [2.75, 3.05) is 38.6 Å². The number of aromatic nitrogens is 1. The Morgan fingerprint density at radius 3 is 2.69 bits per heavy atom. The van der Waals surface area contributed by atoms with Crippen LogP contribution in [0.5, 0.6) is 0 Å². The van der Waals surface area contributed by atoms with Crippen molar-refractivity contribution in [1.82, 2.24) is 15.2 Å². The molecule has 0 radical (unpaired) electrons. The van der Waals surface area contributed by atoms with Gasteiger partial charge in [-0.15, -0.1) is 11.3 Å². The number of thiazole rings is 1. The fraction of sp³-hybridized carbons (Fsp3) is 0.414. The van der Waals surface area contributed by atoms with Gasteiger partial charge in [-0.1, -0.05) is 62.4 Å². The van der Waals surface area contributed by atoms with Gasteiger partial charge >= 0.3 is 0 Å². The fourth-order valence-electron chi connectivity index (χ4n) is 4.87. The molecule has 36 heavy (non-hydrogen) atoms. The second kappa shape index (κ2) is 11.7. The summed E-state index contributed by atoms with van der Waals surface area (Å²) in [6, 6.07) is 19.2. The van der Waals surface area contributed by atoms with Gasteiger partial charge < -0.3 is 15.1 Å².